The van der Waals surface area contributed by atoms with Gasteiger partial charge in [-0.2, -0.15) is 0 Å². The zero-order valence-electron chi connectivity index (χ0n) is 19.9. The molecule has 2 saturated heterocycles. The van der Waals surface area contributed by atoms with E-state index in [1.54, 1.807) is 47.0 Å². The first-order valence-electron chi connectivity index (χ1n) is 11.6. The third-order valence-corrected chi connectivity index (χ3v) is 7.13. The first kappa shape index (κ1) is 24.7. The van der Waals surface area contributed by atoms with Gasteiger partial charge in [0.2, 0.25) is 11.6 Å². The van der Waals surface area contributed by atoms with Crippen molar-refractivity contribution in [2.75, 3.05) is 38.6 Å². The summed E-state index contributed by atoms with van der Waals surface area (Å²) in [5.41, 5.74) is 0.497. The minimum Gasteiger partial charge on any atom is -0.361 e. The van der Waals surface area contributed by atoms with Gasteiger partial charge < -0.3 is 15.1 Å². The molecule has 2 heterocycles. The molecule has 0 radical (unpaired) electrons. The van der Waals surface area contributed by atoms with Crippen LogP contribution in [0.15, 0.2) is 18.2 Å². The number of rotatable bonds is 5. The van der Waals surface area contributed by atoms with Gasteiger partial charge in [0, 0.05) is 31.7 Å². The van der Waals surface area contributed by atoms with Crippen molar-refractivity contribution in [3.63, 3.8) is 0 Å². The first-order chi connectivity index (χ1) is 15.0. The fourth-order valence-electron chi connectivity index (χ4n) is 4.91. The van der Waals surface area contributed by atoms with Gasteiger partial charge in [0.25, 0.3) is 5.91 Å². The van der Waals surface area contributed by atoms with E-state index in [-0.39, 0.29) is 17.5 Å². The van der Waals surface area contributed by atoms with Crippen molar-refractivity contribution in [3.8, 4) is 0 Å². The van der Waals surface area contributed by atoms with Crippen LogP contribution in [-0.4, -0.2) is 62.1 Å². The van der Waals surface area contributed by atoms with E-state index in [0.717, 1.165) is 38.0 Å². The number of hydrogen-bond donors (Lipinski definition) is 1. The highest BCUT2D eigenvalue weighted by atomic mass is 35.5. The van der Waals surface area contributed by atoms with Crippen molar-refractivity contribution in [1.82, 2.24) is 10.2 Å². The predicted octanol–water partition coefficient (Wildman–Crippen LogP) is 3.81. The lowest BCUT2D eigenvalue weighted by Gasteiger charge is -2.43. The van der Waals surface area contributed by atoms with Crippen LogP contribution < -0.4 is 10.2 Å². The fraction of sp³-hybridized carbons (Fsp3) is 0.640. The van der Waals surface area contributed by atoms with E-state index in [0.29, 0.717) is 35.4 Å². The number of carbonyl (C=O) groups excluding carboxylic acids is 3. The summed E-state index contributed by atoms with van der Waals surface area (Å²) in [6, 6.07) is 4.81. The van der Waals surface area contributed by atoms with Gasteiger partial charge in [-0.05, 0) is 68.8 Å². The second kappa shape index (κ2) is 9.92. The minimum absolute atomic E-state index is 0.165. The van der Waals surface area contributed by atoms with Gasteiger partial charge >= 0.3 is 0 Å². The van der Waals surface area contributed by atoms with Gasteiger partial charge in [-0.25, -0.2) is 0 Å². The molecule has 2 atom stereocenters. The van der Waals surface area contributed by atoms with Gasteiger partial charge in [0.1, 0.15) is 0 Å². The normalized spacial score (nSPS) is 22.5. The van der Waals surface area contributed by atoms with E-state index in [4.69, 9.17) is 11.6 Å². The van der Waals surface area contributed by atoms with Gasteiger partial charge in [-0.3, -0.25) is 14.4 Å². The molecule has 6 nitrogen and oxygen atoms in total. The van der Waals surface area contributed by atoms with Crippen LogP contribution in [0.5, 0.6) is 0 Å². The highest BCUT2D eigenvalue weighted by Gasteiger charge is 2.41. The maximum atomic E-state index is 13.4. The maximum absolute atomic E-state index is 13.4. The number of nitrogens with zero attached hydrogens (tertiary/aromatic N) is 2. The molecular formula is C25H36ClN3O3. The van der Waals surface area contributed by atoms with Crippen LogP contribution in [0.3, 0.4) is 0 Å². The van der Waals surface area contributed by atoms with E-state index < -0.39 is 11.5 Å². The van der Waals surface area contributed by atoms with Crippen LogP contribution in [0.2, 0.25) is 5.02 Å². The number of nitrogens with one attached hydrogen (secondary N) is 1. The van der Waals surface area contributed by atoms with Gasteiger partial charge in [0.15, 0.2) is 0 Å². The number of amides is 1. The summed E-state index contributed by atoms with van der Waals surface area (Å²) in [4.78, 5) is 42.2. The second-order valence-electron chi connectivity index (χ2n) is 10.4. The summed E-state index contributed by atoms with van der Waals surface area (Å²) < 4.78 is 0. The lowest BCUT2D eigenvalue weighted by atomic mass is 9.74. The number of piperidine rings is 2. The third-order valence-electron chi connectivity index (χ3n) is 6.82. The summed E-state index contributed by atoms with van der Waals surface area (Å²) >= 11 is 6.47. The Labute approximate surface area is 196 Å². The Morgan fingerprint density at radius 2 is 1.72 bits per heavy atom. The summed E-state index contributed by atoms with van der Waals surface area (Å²) in [6.07, 6.45) is 3.90. The van der Waals surface area contributed by atoms with E-state index in [2.05, 4.69) is 5.32 Å². The molecule has 1 N–H and O–H groups in total. The molecular weight excluding hydrogens is 426 g/mol. The number of ketones is 2. The molecule has 0 aliphatic carbocycles. The van der Waals surface area contributed by atoms with E-state index in [1.165, 1.54) is 4.90 Å². The molecule has 1 amide bonds. The Hall–Kier alpha value is -1.92. The SMILES string of the molecule is CN(C)C(=O)c1ccc(N2CCC(C3CCNCC3)C[C@@H]2C(=O)C(=O)C(C)(C)C)cc1Cl. The molecule has 176 valence electrons. The molecule has 32 heavy (non-hydrogen) atoms. The van der Waals surface area contributed by atoms with Crippen LogP contribution in [-0.2, 0) is 9.59 Å². The third kappa shape index (κ3) is 5.34. The minimum atomic E-state index is -0.718. The number of hydrogen-bond acceptors (Lipinski definition) is 5. The number of halogens is 1. The molecule has 0 saturated carbocycles. The smallest absolute Gasteiger partial charge is 0.254 e. The van der Waals surface area contributed by atoms with Crippen molar-refractivity contribution in [1.29, 1.82) is 0 Å². The molecule has 0 aromatic heterocycles. The van der Waals surface area contributed by atoms with Crippen molar-refractivity contribution in [3.05, 3.63) is 28.8 Å². The average Bonchev–Trinajstić information content (AvgIpc) is 2.77. The number of Topliss-reactive ketones (excluding diaryl/α,β-unsaturated/α-hetero) is 2. The lowest BCUT2D eigenvalue weighted by Crippen LogP contribution is -2.52. The van der Waals surface area contributed by atoms with Gasteiger partial charge in [-0.15, -0.1) is 0 Å². The number of anilines is 1. The largest absolute Gasteiger partial charge is 0.361 e. The van der Waals surface area contributed by atoms with Crippen molar-refractivity contribution in [2.24, 2.45) is 17.3 Å². The van der Waals surface area contributed by atoms with Crippen LogP contribution in [0.25, 0.3) is 0 Å². The molecule has 1 aromatic rings. The predicted molar refractivity (Wildman–Crippen MR) is 128 cm³/mol. The van der Waals surface area contributed by atoms with Crippen LogP contribution in [0.4, 0.5) is 5.69 Å². The Morgan fingerprint density at radius 1 is 1.06 bits per heavy atom. The van der Waals surface area contributed by atoms with Crippen LogP contribution >= 0.6 is 11.6 Å². The molecule has 3 rings (SSSR count). The van der Waals surface area contributed by atoms with E-state index in [1.807, 2.05) is 11.0 Å². The highest BCUT2D eigenvalue weighted by molar-refractivity contribution is 6.41. The van der Waals surface area contributed by atoms with Crippen molar-refractivity contribution in [2.45, 2.75) is 52.5 Å². The molecule has 2 aliphatic rings. The fourth-order valence-corrected chi connectivity index (χ4v) is 5.17. The summed E-state index contributed by atoms with van der Waals surface area (Å²) in [6.45, 7) is 8.11. The number of benzene rings is 1. The molecule has 2 aliphatic heterocycles. The second-order valence-corrected chi connectivity index (χ2v) is 10.8. The lowest BCUT2D eigenvalue weighted by molar-refractivity contribution is -0.142. The molecule has 1 unspecified atom stereocenters. The Morgan fingerprint density at radius 3 is 2.28 bits per heavy atom. The zero-order chi connectivity index (χ0) is 23.6. The summed E-state index contributed by atoms with van der Waals surface area (Å²) in [7, 11) is 3.37. The molecule has 1 aromatic carbocycles. The molecule has 0 bridgehead atoms. The Bertz CT molecular complexity index is 872. The zero-order valence-corrected chi connectivity index (χ0v) is 20.7. The standard InChI is InChI=1S/C25H36ClN3O3/c1-25(2,3)23(31)22(30)21-14-17(16-8-11-27-12-9-16)10-13-29(21)18-6-7-19(20(26)15-18)24(32)28(4)5/h6-7,15-17,21,27H,8-14H2,1-5H3/t17?,21-/m1/s1. The van der Waals surface area contributed by atoms with Gasteiger partial charge in [-0.1, -0.05) is 32.4 Å². The quantitative estimate of drug-likeness (QED) is 0.675. The van der Waals surface area contributed by atoms with Crippen molar-refractivity contribution >= 4 is 34.8 Å². The summed E-state index contributed by atoms with van der Waals surface area (Å²) in [5, 5.41) is 3.77. The molecule has 7 heteroatoms. The Balaban J connectivity index is 1.90. The van der Waals surface area contributed by atoms with Crippen LogP contribution in [0, 0.1) is 17.3 Å². The number of carbonyl (C=O) groups is 3. The average molecular weight is 462 g/mol. The monoisotopic (exact) mass is 461 g/mol. The van der Waals surface area contributed by atoms with E-state index >= 15 is 0 Å². The van der Waals surface area contributed by atoms with Crippen LogP contribution in [0.1, 0.15) is 56.8 Å². The molecule has 0 spiro atoms. The maximum Gasteiger partial charge on any atom is 0.254 e. The van der Waals surface area contributed by atoms with E-state index in [9.17, 15) is 14.4 Å². The van der Waals surface area contributed by atoms with Gasteiger partial charge in [0.05, 0.1) is 16.6 Å². The Kier molecular flexibility index (Phi) is 7.66. The first-order valence-corrected chi connectivity index (χ1v) is 12.0. The van der Waals surface area contributed by atoms with Crippen molar-refractivity contribution < 1.29 is 14.4 Å². The summed E-state index contributed by atoms with van der Waals surface area (Å²) in [5.74, 6) is 0.202. The highest BCUT2D eigenvalue weighted by Crippen LogP contribution is 2.38. The molecule has 2 fully saturated rings. The topological polar surface area (TPSA) is 69.7 Å².